The summed E-state index contributed by atoms with van der Waals surface area (Å²) in [7, 11) is 0. The number of aliphatic hydroxyl groups excluding tert-OH is 9. The van der Waals surface area contributed by atoms with Crippen LogP contribution in [0, 0.1) is 17.8 Å². The summed E-state index contributed by atoms with van der Waals surface area (Å²) in [6.07, 6.45) is -9.84. The summed E-state index contributed by atoms with van der Waals surface area (Å²) in [5, 5.41) is 114. The number of amides is 8. The number of aliphatic hydroxyl groups is 9. The van der Waals surface area contributed by atoms with Crippen LogP contribution in [0.4, 0.5) is 0 Å². The summed E-state index contributed by atoms with van der Waals surface area (Å²) in [4.78, 5) is 101. The Kier molecular flexibility index (Phi) is 36.7. The summed E-state index contributed by atoms with van der Waals surface area (Å²) in [6.45, 7) is 7.00. The Morgan fingerprint density at radius 1 is 0.411 bits per heavy atom. The first-order valence-electron chi connectivity index (χ1n) is 31.0. The Labute approximate surface area is 525 Å². The quantitative estimate of drug-likeness (QED) is 0.0200. The van der Waals surface area contributed by atoms with Crippen LogP contribution in [0.15, 0.2) is 0 Å². The lowest BCUT2D eigenvalue weighted by molar-refractivity contribution is -0.142. The van der Waals surface area contributed by atoms with Crippen LogP contribution in [0.2, 0.25) is 0 Å². The number of hydrogen-bond donors (Lipinski definition) is 17. The van der Waals surface area contributed by atoms with Gasteiger partial charge >= 0.3 is 0 Å². The lowest BCUT2D eigenvalue weighted by Gasteiger charge is -2.42. The Bertz CT molecular complexity index is 1990. The van der Waals surface area contributed by atoms with Crippen molar-refractivity contribution in [3.63, 3.8) is 0 Å². The van der Waals surface area contributed by atoms with E-state index in [2.05, 4.69) is 42.5 Å². The van der Waals surface area contributed by atoms with Gasteiger partial charge in [0.05, 0.1) is 100.0 Å². The van der Waals surface area contributed by atoms with Gasteiger partial charge in [0.2, 0.25) is 47.3 Å². The molecular formula is C58H104N8O24. The van der Waals surface area contributed by atoms with Crippen molar-refractivity contribution < 1.29 is 117 Å². The molecule has 3 aliphatic rings. The van der Waals surface area contributed by atoms with E-state index in [4.69, 9.17) is 33.2 Å². The minimum absolute atomic E-state index is 0.0884. The van der Waals surface area contributed by atoms with Gasteiger partial charge in [0.15, 0.2) is 0 Å². The molecule has 3 rings (SSSR count). The third kappa shape index (κ3) is 29.4. The topological polar surface area (TPSA) is 479 Å². The molecule has 0 saturated heterocycles. The van der Waals surface area contributed by atoms with E-state index >= 15 is 0 Å². The molecule has 0 radical (unpaired) electrons. The third-order valence-corrected chi connectivity index (χ3v) is 15.5. The van der Waals surface area contributed by atoms with Crippen LogP contribution in [-0.2, 0) is 71.5 Å². The fraction of sp³-hybridized carbons (Fsp3) is 0.862. The first-order valence-corrected chi connectivity index (χ1v) is 31.0. The summed E-state index contributed by atoms with van der Waals surface area (Å²) in [6, 6.07) is -2.79. The fourth-order valence-electron chi connectivity index (χ4n) is 10.6. The molecule has 32 heteroatoms. The predicted molar refractivity (Wildman–Crippen MR) is 317 cm³/mol. The lowest BCUT2D eigenvalue weighted by Crippen LogP contribution is -2.61. The van der Waals surface area contributed by atoms with Crippen LogP contribution in [0.5, 0.6) is 0 Å². The monoisotopic (exact) mass is 1300 g/mol. The highest BCUT2D eigenvalue weighted by Gasteiger charge is 2.47. The second-order valence-electron chi connectivity index (χ2n) is 24.2. The second-order valence-corrected chi connectivity index (χ2v) is 24.2. The Morgan fingerprint density at radius 2 is 0.711 bits per heavy atom. The summed E-state index contributed by atoms with van der Waals surface area (Å²) < 4.78 is 41.4. The van der Waals surface area contributed by atoms with Gasteiger partial charge in [-0.2, -0.15) is 0 Å². The number of hydrogen-bond acceptors (Lipinski definition) is 24. The summed E-state index contributed by atoms with van der Waals surface area (Å²) in [5.41, 5.74) is -2.10. The molecule has 0 heterocycles. The Morgan fingerprint density at radius 3 is 1.00 bits per heavy atom. The highest BCUT2D eigenvalue weighted by Crippen LogP contribution is 2.31. The average Bonchev–Trinajstić information content (AvgIpc) is 0.947. The summed E-state index contributed by atoms with van der Waals surface area (Å²) in [5.74, 6) is -5.78. The molecule has 3 saturated carbocycles. The fourth-order valence-corrected chi connectivity index (χ4v) is 10.6. The first-order chi connectivity index (χ1) is 42.6. The molecule has 3 fully saturated rings. The molecule has 0 aliphatic heterocycles. The highest BCUT2D eigenvalue weighted by atomic mass is 16.5. The largest absolute Gasteiger partial charge is 0.396 e. The molecule has 3 aliphatic carbocycles. The van der Waals surface area contributed by atoms with Crippen molar-refractivity contribution in [2.45, 2.75) is 196 Å². The number of carbonyl (C=O) groups excluding carboxylic acids is 8. The van der Waals surface area contributed by atoms with Crippen LogP contribution < -0.4 is 42.5 Å². The maximum atomic E-state index is 13.7. The minimum atomic E-state index is -1.55. The maximum Gasteiger partial charge on any atom is 0.222 e. The lowest BCUT2D eigenvalue weighted by atomic mass is 9.79. The molecule has 15 atom stereocenters. The van der Waals surface area contributed by atoms with Crippen molar-refractivity contribution in [1.29, 1.82) is 0 Å². The van der Waals surface area contributed by atoms with E-state index in [0.717, 1.165) is 0 Å². The predicted octanol–water partition coefficient (Wildman–Crippen LogP) is -5.88. The van der Waals surface area contributed by atoms with Crippen LogP contribution in [0.3, 0.4) is 0 Å². The molecule has 6 unspecified atom stereocenters. The Hall–Kier alpha value is -4.88. The molecular weight excluding hydrogens is 1190 g/mol. The van der Waals surface area contributed by atoms with E-state index < -0.39 is 169 Å². The molecule has 0 aromatic heterocycles. The van der Waals surface area contributed by atoms with Gasteiger partial charge < -0.3 is 122 Å². The van der Waals surface area contributed by atoms with Gasteiger partial charge in [-0.1, -0.05) is 0 Å². The van der Waals surface area contributed by atoms with Gasteiger partial charge in [-0.25, -0.2) is 0 Å². The number of carbonyl (C=O) groups is 8. The molecule has 90 heavy (non-hydrogen) atoms. The van der Waals surface area contributed by atoms with Crippen molar-refractivity contribution in [2.24, 2.45) is 17.8 Å². The smallest absolute Gasteiger partial charge is 0.222 e. The zero-order valence-electron chi connectivity index (χ0n) is 52.9. The molecule has 8 amide bonds. The molecule has 520 valence electrons. The first kappa shape index (κ1) is 79.4. The SMILES string of the molecule is CC(=O)NC1[C@@H](O)[C@@H](O)C(CO)C[C@H]1OCCCNC(=O)CCOCC(COCCC(=O)NCCCO[C@@H]1CC(CO)[C@H](O)[C@H](O)C1NC(C)=O)(COCCC(=O)NCCCO[C@@H]1CC(CO)[C@H](O)[C@H](O)C1NC(C)=O)NC(=O)CCC(=O)NCOC(C)(C)C. The van der Waals surface area contributed by atoms with Crippen molar-refractivity contribution in [3.8, 4) is 0 Å². The maximum absolute atomic E-state index is 13.7. The average molecular weight is 1300 g/mol. The van der Waals surface area contributed by atoms with E-state index in [1.54, 1.807) is 20.8 Å². The van der Waals surface area contributed by atoms with Gasteiger partial charge in [-0.3, -0.25) is 38.4 Å². The van der Waals surface area contributed by atoms with E-state index in [1.807, 2.05) is 0 Å². The molecule has 0 aromatic rings. The zero-order chi connectivity index (χ0) is 67.0. The van der Waals surface area contributed by atoms with E-state index in [-0.39, 0.29) is 137 Å². The standard InChI is InChI=1S/C58H104N8O24/c1-34(70)63-48-40(24-37(27-67)51(78)54(48)81)87-18-7-15-59-44(74)12-21-84-30-58(66-47(77)11-10-43(73)62-33-90-57(4,5)6,31-85-22-13-45(75)60-16-8-19-88-41-25-38(28-68)52(79)55(82)49(41)64-35(2)71)32-86-23-14-46(76)61-17-9-20-89-42-26-39(29-69)53(80)56(83)50(42)65-36(3)72/h37-42,48-56,67-69,78-83H,7-33H2,1-6H3,(H,59,74)(H,60,75)(H,61,76)(H,62,73)(H,63,70)(H,64,71)(H,65,72)(H,66,77)/t37?,38?,39?,40-,41-,42-,48?,49?,50?,51+,52+,53+,54-,55-,56-,58?/m1/s1. The van der Waals surface area contributed by atoms with Crippen molar-refractivity contribution in [3.05, 3.63) is 0 Å². The highest BCUT2D eigenvalue weighted by molar-refractivity contribution is 5.84. The van der Waals surface area contributed by atoms with E-state index in [0.29, 0.717) is 19.3 Å². The van der Waals surface area contributed by atoms with E-state index in [1.165, 1.54) is 20.8 Å². The van der Waals surface area contributed by atoms with Crippen LogP contribution in [0.25, 0.3) is 0 Å². The van der Waals surface area contributed by atoms with Crippen LogP contribution in [-0.4, -0.2) is 283 Å². The van der Waals surface area contributed by atoms with Gasteiger partial charge in [-0.15, -0.1) is 0 Å². The van der Waals surface area contributed by atoms with Crippen molar-refractivity contribution in [1.82, 2.24) is 42.5 Å². The van der Waals surface area contributed by atoms with Gasteiger partial charge in [-0.05, 0) is 59.3 Å². The number of rotatable bonds is 42. The number of nitrogens with one attached hydrogen (secondary N) is 8. The summed E-state index contributed by atoms with van der Waals surface area (Å²) >= 11 is 0. The van der Waals surface area contributed by atoms with E-state index in [9.17, 15) is 84.3 Å². The van der Waals surface area contributed by atoms with Crippen LogP contribution in [0.1, 0.15) is 112 Å². The number of ether oxygens (including phenoxy) is 7. The molecule has 0 spiro atoms. The van der Waals surface area contributed by atoms with Gasteiger partial charge in [0.25, 0.3) is 0 Å². The Balaban J connectivity index is 1.67. The normalized spacial score (nSPS) is 27.5. The molecule has 0 bridgehead atoms. The third-order valence-electron chi connectivity index (χ3n) is 15.5. The van der Waals surface area contributed by atoms with Crippen LogP contribution >= 0.6 is 0 Å². The second kappa shape index (κ2) is 41.7. The van der Waals surface area contributed by atoms with Crippen molar-refractivity contribution in [2.75, 3.05) is 106 Å². The molecule has 32 nitrogen and oxygen atoms in total. The van der Waals surface area contributed by atoms with Gasteiger partial charge in [0, 0.05) is 130 Å². The minimum Gasteiger partial charge on any atom is -0.396 e. The molecule has 0 aromatic carbocycles. The molecule has 17 N–H and O–H groups in total. The van der Waals surface area contributed by atoms with Gasteiger partial charge in [0.1, 0.15) is 30.6 Å². The zero-order valence-corrected chi connectivity index (χ0v) is 52.9. The van der Waals surface area contributed by atoms with Crippen molar-refractivity contribution >= 4 is 47.3 Å².